The topological polar surface area (TPSA) is 0 Å². The van der Waals surface area contributed by atoms with Gasteiger partial charge in [-0.25, -0.2) is 0 Å². The Morgan fingerprint density at radius 2 is 2.17 bits per heavy atom. The largest absolute Gasteiger partial charge is 0.166 e. The molecule has 0 aliphatic carbocycles. The number of halogens is 2. The molecule has 0 N–H and O–H groups in total. The van der Waals surface area contributed by atoms with Gasteiger partial charge in [0.25, 0.3) is 0 Å². The third kappa shape index (κ3) is 3.10. The van der Waals surface area contributed by atoms with Gasteiger partial charge in [-0.2, -0.15) is 12.6 Å². The molecule has 0 fully saturated rings. The standard InChI is InChI=1S/C9H6BrClS/c10-8-4-7(2-1-3-12)5-9(11)6-8/h4-6,12H,3H2. The number of hydrogen-bond acceptors (Lipinski definition) is 1. The lowest BCUT2D eigenvalue weighted by atomic mass is 10.2. The molecule has 3 heteroatoms. The SMILES string of the molecule is SCC#Cc1cc(Cl)cc(Br)c1. The second-order valence-electron chi connectivity index (χ2n) is 2.12. The molecule has 0 unspecified atom stereocenters. The highest BCUT2D eigenvalue weighted by Gasteiger charge is 1.93. The first-order valence-corrected chi connectivity index (χ1v) is 5.08. The van der Waals surface area contributed by atoms with E-state index in [1.54, 1.807) is 0 Å². The Kier molecular flexibility index (Phi) is 4.00. The summed E-state index contributed by atoms with van der Waals surface area (Å²) in [6.07, 6.45) is 0. The molecule has 0 bridgehead atoms. The van der Waals surface area contributed by atoms with Crippen LogP contribution in [0.5, 0.6) is 0 Å². The molecule has 0 saturated heterocycles. The van der Waals surface area contributed by atoms with Gasteiger partial charge >= 0.3 is 0 Å². The smallest absolute Gasteiger partial charge is 0.0521 e. The first-order valence-electron chi connectivity index (χ1n) is 3.28. The van der Waals surface area contributed by atoms with Crippen LogP contribution in [0, 0.1) is 11.8 Å². The maximum atomic E-state index is 5.81. The summed E-state index contributed by atoms with van der Waals surface area (Å²) in [4.78, 5) is 0. The second-order valence-corrected chi connectivity index (χ2v) is 3.79. The lowest BCUT2D eigenvalue weighted by Crippen LogP contribution is -1.75. The van der Waals surface area contributed by atoms with Gasteiger partial charge in [0.05, 0.1) is 5.75 Å². The number of thiol groups is 1. The van der Waals surface area contributed by atoms with Gasteiger partial charge in [-0.05, 0) is 18.2 Å². The van der Waals surface area contributed by atoms with Crippen LogP contribution in [-0.2, 0) is 0 Å². The van der Waals surface area contributed by atoms with E-state index in [0.717, 1.165) is 10.0 Å². The van der Waals surface area contributed by atoms with Crippen molar-refractivity contribution in [2.45, 2.75) is 0 Å². The first kappa shape index (κ1) is 9.98. The highest BCUT2D eigenvalue weighted by molar-refractivity contribution is 9.10. The van der Waals surface area contributed by atoms with Crippen LogP contribution in [0.3, 0.4) is 0 Å². The second kappa shape index (κ2) is 4.81. The highest BCUT2D eigenvalue weighted by Crippen LogP contribution is 2.18. The summed E-state index contributed by atoms with van der Waals surface area (Å²) in [5.41, 5.74) is 0.906. The Balaban J connectivity index is 3.01. The number of hydrogen-bond donors (Lipinski definition) is 1. The predicted octanol–water partition coefficient (Wildman–Crippen LogP) is 3.38. The van der Waals surface area contributed by atoms with Gasteiger partial charge < -0.3 is 0 Å². The van der Waals surface area contributed by atoms with Crippen molar-refractivity contribution in [1.29, 1.82) is 0 Å². The molecule has 62 valence electrons. The van der Waals surface area contributed by atoms with E-state index in [1.165, 1.54) is 0 Å². The van der Waals surface area contributed by atoms with Crippen LogP contribution in [0.2, 0.25) is 5.02 Å². The predicted molar refractivity (Wildman–Crippen MR) is 59.9 cm³/mol. The van der Waals surface area contributed by atoms with Gasteiger partial charge in [0.2, 0.25) is 0 Å². The Bertz CT molecular complexity index is 318. The maximum absolute atomic E-state index is 5.81. The van der Waals surface area contributed by atoms with Crippen molar-refractivity contribution in [2.75, 3.05) is 5.75 Å². The van der Waals surface area contributed by atoms with Crippen LogP contribution >= 0.6 is 40.2 Å². The summed E-state index contributed by atoms with van der Waals surface area (Å²) in [6, 6.07) is 5.57. The molecule has 1 aromatic carbocycles. The van der Waals surface area contributed by atoms with Crippen molar-refractivity contribution in [2.24, 2.45) is 0 Å². The monoisotopic (exact) mass is 260 g/mol. The van der Waals surface area contributed by atoms with Gasteiger partial charge in [-0.3, -0.25) is 0 Å². The van der Waals surface area contributed by atoms with Crippen molar-refractivity contribution in [1.82, 2.24) is 0 Å². The van der Waals surface area contributed by atoms with Crippen molar-refractivity contribution in [3.05, 3.63) is 33.3 Å². The molecule has 0 radical (unpaired) electrons. The Morgan fingerprint density at radius 3 is 2.75 bits per heavy atom. The summed E-state index contributed by atoms with van der Waals surface area (Å²) in [5.74, 6) is 6.35. The van der Waals surface area contributed by atoms with E-state index in [2.05, 4.69) is 40.4 Å². The fourth-order valence-electron chi connectivity index (χ4n) is 0.768. The van der Waals surface area contributed by atoms with Gasteiger partial charge in [0.15, 0.2) is 0 Å². The van der Waals surface area contributed by atoms with Gasteiger partial charge in [-0.15, -0.1) is 0 Å². The zero-order valence-electron chi connectivity index (χ0n) is 6.14. The molecule has 0 aliphatic rings. The zero-order valence-corrected chi connectivity index (χ0v) is 9.38. The van der Waals surface area contributed by atoms with E-state index in [9.17, 15) is 0 Å². The van der Waals surface area contributed by atoms with E-state index in [0.29, 0.717) is 10.8 Å². The summed E-state index contributed by atoms with van der Waals surface area (Å²) in [7, 11) is 0. The minimum absolute atomic E-state index is 0.560. The van der Waals surface area contributed by atoms with Gasteiger partial charge in [-0.1, -0.05) is 39.4 Å². The fourth-order valence-corrected chi connectivity index (χ4v) is 1.71. The van der Waals surface area contributed by atoms with Crippen LogP contribution in [0.25, 0.3) is 0 Å². The van der Waals surface area contributed by atoms with E-state index in [-0.39, 0.29) is 0 Å². The fraction of sp³-hybridized carbons (Fsp3) is 0.111. The zero-order chi connectivity index (χ0) is 8.97. The molecule has 0 aromatic heterocycles. The van der Waals surface area contributed by atoms with Crippen LogP contribution in [0.4, 0.5) is 0 Å². The van der Waals surface area contributed by atoms with E-state index in [1.807, 2.05) is 18.2 Å². The minimum atomic E-state index is 0.560. The highest BCUT2D eigenvalue weighted by atomic mass is 79.9. The van der Waals surface area contributed by atoms with Gasteiger partial charge in [0.1, 0.15) is 0 Å². The molecule has 0 heterocycles. The van der Waals surface area contributed by atoms with Crippen LogP contribution < -0.4 is 0 Å². The quantitative estimate of drug-likeness (QED) is 0.537. The van der Waals surface area contributed by atoms with Crippen LogP contribution in [-0.4, -0.2) is 5.75 Å². The third-order valence-corrected chi connectivity index (χ3v) is 2.01. The average Bonchev–Trinajstić information content (AvgIpc) is 1.99. The molecule has 1 aromatic rings. The number of rotatable bonds is 0. The lowest BCUT2D eigenvalue weighted by Gasteiger charge is -1.94. The molecule has 1 rings (SSSR count). The molecule has 0 aliphatic heterocycles. The molecule has 0 spiro atoms. The summed E-state index contributed by atoms with van der Waals surface area (Å²) >= 11 is 13.1. The molecule has 0 saturated carbocycles. The molecular weight excluding hydrogens is 256 g/mol. The van der Waals surface area contributed by atoms with Crippen molar-refractivity contribution in [3.63, 3.8) is 0 Å². The Morgan fingerprint density at radius 1 is 1.42 bits per heavy atom. The normalized spacial score (nSPS) is 8.92. The third-order valence-electron chi connectivity index (χ3n) is 1.17. The Labute approximate surface area is 90.9 Å². The lowest BCUT2D eigenvalue weighted by molar-refractivity contribution is 1.60. The molecular formula is C9H6BrClS. The van der Waals surface area contributed by atoms with E-state index in [4.69, 9.17) is 11.6 Å². The molecule has 12 heavy (non-hydrogen) atoms. The van der Waals surface area contributed by atoms with Crippen molar-refractivity contribution >= 4 is 40.2 Å². The van der Waals surface area contributed by atoms with Crippen molar-refractivity contribution in [3.8, 4) is 11.8 Å². The maximum Gasteiger partial charge on any atom is 0.0521 e. The molecule has 0 amide bonds. The van der Waals surface area contributed by atoms with E-state index < -0.39 is 0 Å². The van der Waals surface area contributed by atoms with Crippen LogP contribution in [0.1, 0.15) is 5.56 Å². The van der Waals surface area contributed by atoms with Gasteiger partial charge in [0, 0.05) is 15.1 Å². The summed E-state index contributed by atoms with van der Waals surface area (Å²) in [5, 5.41) is 0.688. The Hall–Kier alpha value is -0.100. The molecule has 0 nitrogen and oxygen atoms in total. The van der Waals surface area contributed by atoms with Crippen molar-refractivity contribution < 1.29 is 0 Å². The van der Waals surface area contributed by atoms with E-state index >= 15 is 0 Å². The van der Waals surface area contributed by atoms with Crippen LogP contribution in [0.15, 0.2) is 22.7 Å². The number of benzene rings is 1. The summed E-state index contributed by atoms with van der Waals surface area (Å²) < 4.78 is 0.943. The first-order chi connectivity index (χ1) is 5.72. The minimum Gasteiger partial charge on any atom is -0.166 e. The average molecular weight is 262 g/mol. The molecule has 0 atom stereocenters. The summed E-state index contributed by atoms with van der Waals surface area (Å²) in [6.45, 7) is 0.